The molecule has 25 heavy (non-hydrogen) atoms. The number of aryl methyl sites for hydroxylation is 2. The summed E-state index contributed by atoms with van der Waals surface area (Å²) in [5.41, 5.74) is 4.54. The zero-order chi connectivity index (χ0) is 18.0. The van der Waals surface area contributed by atoms with Gasteiger partial charge in [-0.2, -0.15) is 0 Å². The summed E-state index contributed by atoms with van der Waals surface area (Å²) in [6.45, 7) is 4.22. The number of hydrogen-bond acceptors (Lipinski definition) is 4. The normalized spacial score (nSPS) is 13.1. The number of anilines is 3. The Labute approximate surface area is 146 Å². The van der Waals surface area contributed by atoms with Crippen molar-refractivity contribution in [1.82, 2.24) is 0 Å². The highest BCUT2D eigenvalue weighted by Gasteiger charge is 2.22. The Morgan fingerprint density at radius 3 is 2.64 bits per heavy atom. The third-order valence-corrected chi connectivity index (χ3v) is 4.29. The van der Waals surface area contributed by atoms with Crippen molar-refractivity contribution in [2.24, 2.45) is 0 Å². The highest BCUT2D eigenvalue weighted by Crippen LogP contribution is 2.33. The summed E-state index contributed by atoms with van der Waals surface area (Å²) in [6.07, 6.45) is 0. The molecule has 0 aliphatic carbocycles. The van der Waals surface area contributed by atoms with E-state index in [1.165, 1.54) is 5.56 Å². The van der Waals surface area contributed by atoms with Crippen LogP contribution in [0.25, 0.3) is 0 Å². The molecular weight excluding hydrogens is 318 g/mol. The third-order valence-electron chi connectivity index (χ3n) is 4.29. The van der Waals surface area contributed by atoms with E-state index in [9.17, 15) is 9.59 Å². The monoisotopic (exact) mass is 339 g/mol. The van der Waals surface area contributed by atoms with Gasteiger partial charge in [0.05, 0.1) is 12.2 Å². The molecule has 0 saturated carbocycles. The van der Waals surface area contributed by atoms with Crippen molar-refractivity contribution < 1.29 is 14.3 Å². The molecule has 2 aromatic carbocycles. The Morgan fingerprint density at radius 1 is 1.12 bits per heavy atom. The highest BCUT2D eigenvalue weighted by atomic mass is 16.5. The summed E-state index contributed by atoms with van der Waals surface area (Å²) < 4.78 is 5.39. The van der Waals surface area contributed by atoms with Gasteiger partial charge in [0.1, 0.15) is 5.75 Å². The van der Waals surface area contributed by atoms with Crippen LogP contribution in [-0.2, 0) is 9.59 Å². The molecule has 3 rings (SSSR count). The highest BCUT2D eigenvalue weighted by molar-refractivity contribution is 5.98. The first-order valence-corrected chi connectivity index (χ1v) is 8.08. The number of rotatable bonds is 4. The van der Waals surface area contributed by atoms with Crippen LogP contribution in [0.5, 0.6) is 5.75 Å². The van der Waals surface area contributed by atoms with E-state index in [0.717, 1.165) is 16.9 Å². The van der Waals surface area contributed by atoms with Gasteiger partial charge in [0.25, 0.3) is 5.91 Å². The van der Waals surface area contributed by atoms with Crippen LogP contribution < -0.4 is 20.3 Å². The average Bonchev–Trinajstić information content (AvgIpc) is 2.60. The van der Waals surface area contributed by atoms with Gasteiger partial charge < -0.3 is 20.3 Å². The Morgan fingerprint density at radius 2 is 1.88 bits per heavy atom. The van der Waals surface area contributed by atoms with Gasteiger partial charge in [-0.25, -0.2) is 0 Å². The molecule has 0 bridgehead atoms. The lowest BCUT2D eigenvalue weighted by molar-refractivity contribution is -0.121. The van der Waals surface area contributed by atoms with Crippen molar-refractivity contribution >= 4 is 28.9 Å². The number of benzene rings is 2. The van der Waals surface area contributed by atoms with E-state index in [1.807, 2.05) is 38.1 Å². The minimum absolute atomic E-state index is 0.0502. The standard InChI is InChI=1S/C19H21N3O3/c1-12-4-5-15(8-13(12)2)21-18(23)10-20-14-6-7-17-16(9-14)22(3)19(24)11-25-17/h4-9,20H,10-11H2,1-3H3,(H,21,23). The predicted molar refractivity (Wildman–Crippen MR) is 98.4 cm³/mol. The van der Waals surface area contributed by atoms with Crippen LogP contribution in [0.3, 0.4) is 0 Å². The smallest absolute Gasteiger partial charge is 0.264 e. The van der Waals surface area contributed by atoms with Gasteiger partial charge >= 0.3 is 0 Å². The number of amides is 2. The molecule has 0 fully saturated rings. The Bertz CT molecular complexity index is 833. The number of likely N-dealkylation sites (N-methyl/N-ethyl adjacent to an activating group) is 1. The average molecular weight is 339 g/mol. The van der Waals surface area contributed by atoms with Crippen molar-refractivity contribution in [3.63, 3.8) is 0 Å². The van der Waals surface area contributed by atoms with Gasteiger partial charge in [0.15, 0.2) is 6.61 Å². The molecule has 0 atom stereocenters. The zero-order valence-electron chi connectivity index (χ0n) is 14.6. The molecule has 0 saturated heterocycles. The first-order valence-electron chi connectivity index (χ1n) is 8.08. The summed E-state index contributed by atoms with van der Waals surface area (Å²) in [5.74, 6) is 0.422. The molecule has 1 aliphatic rings. The molecule has 2 aromatic rings. The van der Waals surface area contributed by atoms with E-state index in [4.69, 9.17) is 4.74 Å². The maximum Gasteiger partial charge on any atom is 0.264 e. The van der Waals surface area contributed by atoms with Crippen LogP contribution in [0, 0.1) is 13.8 Å². The summed E-state index contributed by atoms with van der Waals surface area (Å²) >= 11 is 0. The Kier molecular flexibility index (Phi) is 4.61. The van der Waals surface area contributed by atoms with Gasteiger partial charge in [-0.15, -0.1) is 0 Å². The zero-order valence-corrected chi connectivity index (χ0v) is 14.6. The molecule has 6 nitrogen and oxygen atoms in total. The molecular formula is C19H21N3O3. The Hall–Kier alpha value is -3.02. The molecule has 0 spiro atoms. The topological polar surface area (TPSA) is 70.7 Å². The van der Waals surface area contributed by atoms with Gasteiger partial charge in [-0.3, -0.25) is 9.59 Å². The summed E-state index contributed by atoms with van der Waals surface area (Å²) in [4.78, 5) is 25.4. The third kappa shape index (κ3) is 3.74. The predicted octanol–water partition coefficient (Wildman–Crippen LogP) is 2.71. The second-order valence-corrected chi connectivity index (χ2v) is 6.12. The van der Waals surface area contributed by atoms with E-state index in [-0.39, 0.29) is 25.0 Å². The molecule has 2 N–H and O–H groups in total. The molecule has 2 amide bonds. The summed E-state index contributed by atoms with van der Waals surface area (Å²) in [7, 11) is 1.71. The molecule has 0 radical (unpaired) electrons. The fourth-order valence-corrected chi connectivity index (χ4v) is 2.59. The van der Waals surface area contributed by atoms with Crippen molar-refractivity contribution in [2.75, 3.05) is 35.7 Å². The van der Waals surface area contributed by atoms with Gasteiger partial charge in [-0.05, 0) is 55.3 Å². The fourth-order valence-electron chi connectivity index (χ4n) is 2.59. The van der Waals surface area contributed by atoms with Gasteiger partial charge in [0, 0.05) is 18.4 Å². The van der Waals surface area contributed by atoms with Crippen LogP contribution in [0.2, 0.25) is 0 Å². The van der Waals surface area contributed by atoms with E-state index in [0.29, 0.717) is 11.4 Å². The number of nitrogens with one attached hydrogen (secondary N) is 2. The lowest BCUT2D eigenvalue weighted by Crippen LogP contribution is -2.35. The van der Waals surface area contributed by atoms with Gasteiger partial charge in [-0.1, -0.05) is 6.07 Å². The van der Waals surface area contributed by atoms with Gasteiger partial charge in [0.2, 0.25) is 5.91 Å². The van der Waals surface area contributed by atoms with E-state index >= 15 is 0 Å². The summed E-state index contributed by atoms with van der Waals surface area (Å²) in [6, 6.07) is 11.2. The Balaban J connectivity index is 1.62. The van der Waals surface area contributed by atoms with Crippen molar-refractivity contribution in [3.05, 3.63) is 47.5 Å². The van der Waals surface area contributed by atoms with E-state index < -0.39 is 0 Å². The fraction of sp³-hybridized carbons (Fsp3) is 0.263. The minimum Gasteiger partial charge on any atom is -0.482 e. The molecule has 1 heterocycles. The van der Waals surface area contributed by atoms with Crippen LogP contribution in [-0.4, -0.2) is 32.0 Å². The van der Waals surface area contributed by atoms with Crippen molar-refractivity contribution in [2.45, 2.75) is 13.8 Å². The molecule has 1 aliphatic heterocycles. The molecule has 0 aromatic heterocycles. The van der Waals surface area contributed by atoms with Crippen LogP contribution >= 0.6 is 0 Å². The number of ether oxygens (including phenoxy) is 1. The molecule has 0 unspecified atom stereocenters. The van der Waals surface area contributed by atoms with Crippen molar-refractivity contribution in [1.29, 1.82) is 0 Å². The SMILES string of the molecule is Cc1ccc(NC(=O)CNc2ccc3c(c2)N(C)C(=O)CO3)cc1C. The second-order valence-electron chi connectivity index (χ2n) is 6.12. The first-order chi connectivity index (χ1) is 11.9. The van der Waals surface area contributed by atoms with Crippen LogP contribution in [0.1, 0.15) is 11.1 Å². The van der Waals surface area contributed by atoms with Crippen LogP contribution in [0.4, 0.5) is 17.1 Å². The molecule has 130 valence electrons. The van der Waals surface area contributed by atoms with E-state index in [2.05, 4.69) is 10.6 Å². The minimum atomic E-state index is -0.137. The quantitative estimate of drug-likeness (QED) is 0.898. The maximum atomic E-state index is 12.1. The largest absolute Gasteiger partial charge is 0.482 e. The lowest BCUT2D eigenvalue weighted by atomic mass is 10.1. The molecule has 6 heteroatoms. The number of nitrogens with zero attached hydrogens (tertiary/aromatic N) is 1. The van der Waals surface area contributed by atoms with Crippen molar-refractivity contribution in [3.8, 4) is 5.75 Å². The van der Waals surface area contributed by atoms with Crippen LogP contribution in [0.15, 0.2) is 36.4 Å². The number of carbonyl (C=O) groups excluding carboxylic acids is 2. The lowest BCUT2D eigenvalue weighted by Gasteiger charge is -2.26. The second kappa shape index (κ2) is 6.84. The van der Waals surface area contributed by atoms with E-state index in [1.54, 1.807) is 24.1 Å². The number of hydrogen-bond donors (Lipinski definition) is 2. The number of carbonyl (C=O) groups is 2. The first kappa shape index (κ1) is 16.8. The summed E-state index contributed by atoms with van der Waals surface area (Å²) in [5, 5.41) is 5.94. The number of fused-ring (bicyclic) bond motifs is 1. The maximum absolute atomic E-state index is 12.1.